The van der Waals surface area contributed by atoms with Crippen LogP contribution < -0.4 is 4.90 Å². The molecule has 1 aliphatic heterocycles. The maximum Gasteiger partial charge on any atom is 0.225 e. The van der Waals surface area contributed by atoms with Gasteiger partial charge in [-0.25, -0.2) is 9.97 Å². The maximum absolute atomic E-state index is 10.6. The van der Waals surface area contributed by atoms with Crippen molar-refractivity contribution in [3.8, 4) is 0 Å². The number of hydrogen-bond donors (Lipinski definition) is 1. The van der Waals surface area contributed by atoms with Crippen LogP contribution in [0.3, 0.4) is 0 Å². The van der Waals surface area contributed by atoms with Gasteiger partial charge in [-0.1, -0.05) is 19.3 Å². The zero-order valence-electron chi connectivity index (χ0n) is 12.0. The molecule has 1 N–H and O–H groups in total. The van der Waals surface area contributed by atoms with Crippen LogP contribution in [-0.2, 0) is 0 Å². The van der Waals surface area contributed by atoms with E-state index in [2.05, 4.69) is 19.8 Å². The molecular weight excluding hydrogens is 252 g/mol. The quantitative estimate of drug-likeness (QED) is 0.901. The number of hydrogen-bond acceptors (Lipinski definition) is 5. The number of anilines is 1. The number of β-amino-alcohol motifs (C(OH)–C–C–N with tert-alkyl or cyclic N) is 1. The summed E-state index contributed by atoms with van der Waals surface area (Å²) in [7, 11) is 0. The third-order valence-corrected chi connectivity index (χ3v) is 4.51. The normalized spacial score (nSPS) is 23.8. The van der Waals surface area contributed by atoms with Gasteiger partial charge in [0, 0.05) is 45.1 Å². The fourth-order valence-electron chi connectivity index (χ4n) is 3.34. The van der Waals surface area contributed by atoms with Gasteiger partial charge in [0.05, 0.1) is 5.60 Å². The molecule has 0 amide bonds. The van der Waals surface area contributed by atoms with Crippen molar-refractivity contribution in [2.75, 3.05) is 37.6 Å². The summed E-state index contributed by atoms with van der Waals surface area (Å²) in [6.45, 7) is 4.69. The lowest BCUT2D eigenvalue weighted by atomic mass is 9.84. The van der Waals surface area contributed by atoms with E-state index in [1.165, 1.54) is 19.3 Å². The molecule has 1 saturated carbocycles. The van der Waals surface area contributed by atoms with E-state index in [1.54, 1.807) is 12.4 Å². The van der Waals surface area contributed by atoms with Gasteiger partial charge in [-0.15, -0.1) is 0 Å². The molecule has 0 unspecified atom stereocenters. The van der Waals surface area contributed by atoms with E-state index in [0.717, 1.165) is 51.5 Å². The van der Waals surface area contributed by atoms with Gasteiger partial charge in [-0.2, -0.15) is 0 Å². The van der Waals surface area contributed by atoms with Crippen molar-refractivity contribution in [2.45, 2.75) is 37.7 Å². The molecule has 0 atom stereocenters. The molecular formula is C15H24N4O. The van der Waals surface area contributed by atoms with Gasteiger partial charge in [-0.05, 0) is 18.9 Å². The van der Waals surface area contributed by atoms with Gasteiger partial charge < -0.3 is 10.0 Å². The van der Waals surface area contributed by atoms with Crippen LogP contribution in [0.25, 0.3) is 0 Å². The summed E-state index contributed by atoms with van der Waals surface area (Å²) in [6.07, 6.45) is 9.15. The van der Waals surface area contributed by atoms with Crippen molar-refractivity contribution in [3.63, 3.8) is 0 Å². The molecule has 0 spiro atoms. The van der Waals surface area contributed by atoms with Crippen molar-refractivity contribution in [1.29, 1.82) is 0 Å². The summed E-state index contributed by atoms with van der Waals surface area (Å²) in [5, 5.41) is 10.6. The molecule has 0 aromatic carbocycles. The third kappa shape index (κ3) is 3.27. The van der Waals surface area contributed by atoms with E-state index < -0.39 is 5.60 Å². The molecule has 1 aliphatic carbocycles. The van der Waals surface area contributed by atoms with Crippen LogP contribution in [-0.4, -0.2) is 58.3 Å². The van der Waals surface area contributed by atoms with E-state index in [0.29, 0.717) is 0 Å². The highest BCUT2D eigenvalue weighted by molar-refractivity contribution is 5.29. The second-order valence-electron chi connectivity index (χ2n) is 6.10. The fourth-order valence-corrected chi connectivity index (χ4v) is 3.34. The molecule has 0 bridgehead atoms. The highest BCUT2D eigenvalue weighted by atomic mass is 16.3. The van der Waals surface area contributed by atoms with Gasteiger partial charge in [0.1, 0.15) is 0 Å². The standard InChI is InChI=1S/C15H24N4O/c20-15(5-2-1-3-6-15)13-18-9-11-19(12-10-18)14-16-7-4-8-17-14/h4,7-8,20H,1-3,5-6,9-13H2. The predicted octanol–water partition coefficient (Wildman–Crippen LogP) is 1.29. The first kappa shape index (κ1) is 13.8. The lowest BCUT2D eigenvalue weighted by Crippen LogP contribution is -2.52. The Bertz CT molecular complexity index is 411. The number of aliphatic hydroxyl groups is 1. The lowest BCUT2D eigenvalue weighted by molar-refractivity contribution is -0.0271. The first-order valence-electron chi connectivity index (χ1n) is 7.72. The first-order chi connectivity index (χ1) is 9.75. The van der Waals surface area contributed by atoms with Crippen molar-refractivity contribution in [3.05, 3.63) is 18.5 Å². The maximum atomic E-state index is 10.6. The lowest BCUT2D eigenvalue weighted by Gasteiger charge is -2.41. The van der Waals surface area contributed by atoms with Crippen LogP contribution in [0, 0.1) is 0 Å². The zero-order chi connectivity index (χ0) is 13.8. The van der Waals surface area contributed by atoms with E-state index in [9.17, 15) is 5.11 Å². The van der Waals surface area contributed by atoms with Crippen molar-refractivity contribution < 1.29 is 5.11 Å². The largest absolute Gasteiger partial charge is 0.389 e. The minimum absolute atomic E-state index is 0.441. The average molecular weight is 276 g/mol. The Labute approximate surface area is 120 Å². The van der Waals surface area contributed by atoms with Gasteiger partial charge in [0.15, 0.2) is 0 Å². The van der Waals surface area contributed by atoms with E-state index >= 15 is 0 Å². The summed E-state index contributed by atoms with van der Waals surface area (Å²) >= 11 is 0. The summed E-state index contributed by atoms with van der Waals surface area (Å²) in [5.74, 6) is 0.823. The molecule has 2 heterocycles. The molecule has 5 nitrogen and oxygen atoms in total. The highest BCUT2D eigenvalue weighted by Gasteiger charge is 2.32. The van der Waals surface area contributed by atoms with Crippen molar-refractivity contribution in [1.82, 2.24) is 14.9 Å². The average Bonchev–Trinajstić information content (AvgIpc) is 2.49. The second kappa shape index (κ2) is 6.06. The summed E-state index contributed by atoms with van der Waals surface area (Å²) in [4.78, 5) is 13.2. The smallest absolute Gasteiger partial charge is 0.225 e. The topological polar surface area (TPSA) is 52.5 Å². The Morgan fingerprint density at radius 3 is 2.30 bits per heavy atom. The van der Waals surface area contributed by atoms with Crippen molar-refractivity contribution >= 4 is 5.95 Å². The van der Waals surface area contributed by atoms with E-state index in [4.69, 9.17) is 0 Å². The number of aromatic nitrogens is 2. The highest BCUT2D eigenvalue weighted by Crippen LogP contribution is 2.29. The van der Waals surface area contributed by atoms with Gasteiger partial charge in [0.2, 0.25) is 5.95 Å². The molecule has 2 aliphatic rings. The van der Waals surface area contributed by atoms with E-state index in [-0.39, 0.29) is 0 Å². The fraction of sp³-hybridized carbons (Fsp3) is 0.733. The number of piperazine rings is 1. The first-order valence-corrected chi connectivity index (χ1v) is 7.72. The summed E-state index contributed by atoms with van der Waals surface area (Å²) < 4.78 is 0. The van der Waals surface area contributed by atoms with Crippen LogP contribution in [0.4, 0.5) is 5.95 Å². The Balaban J connectivity index is 1.51. The molecule has 20 heavy (non-hydrogen) atoms. The minimum atomic E-state index is -0.441. The monoisotopic (exact) mass is 276 g/mol. The minimum Gasteiger partial charge on any atom is -0.389 e. The Morgan fingerprint density at radius 1 is 1.00 bits per heavy atom. The SMILES string of the molecule is OC1(CN2CCN(c3ncccn3)CC2)CCCCC1. The zero-order valence-corrected chi connectivity index (χ0v) is 12.0. The van der Waals surface area contributed by atoms with Crippen LogP contribution >= 0.6 is 0 Å². The molecule has 3 rings (SSSR count). The molecule has 1 aromatic rings. The Morgan fingerprint density at radius 2 is 1.65 bits per heavy atom. The molecule has 110 valence electrons. The van der Waals surface area contributed by atoms with Crippen LogP contribution in [0.5, 0.6) is 0 Å². The third-order valence-electron chi connectivity index (χ3n) is 4.51. The Kier molecular flexibility index (Phi) is 4.17. The molecule has 2 fully saturated rings. The number of nitrogens with zero attached hydrogens (tertiary/aromatic N) is 4. The molecule has 5 heteroatoms. The molecule has 1 aromatic heterocycles. The number of rotatable bonds is 3. The molecule has 1 saturated heterocycles. The molecule has 0 radical (unpaired) electrons. The van der Waals surface area contributed by atoms with Crippen LogP contribution in [0.1, 0.15) is 32.1 Å². The van der Waals surface area contributed by atoms with Crippen molar-refractivity contribution in [2.24, 2.45) is 0 Å². The summed E-state index contributed by atoms with van der Waals surface area (Å²) in [5.41, 5.74) is -0.441. The van der Waals surface area contributed by atoms with E-state index in [1.807, 2.05) is 6.07 Å². The predicted molar refractivity (Wildman–Crippen MR) is 78.7 cm³/mol. The summed E-state index contributed by atoms with van der Waals surface area (Å²) in [6, 6.07) is 1.85. The second-order valence-corrected chi connectivity index (χ2v) is 6.10. The van der Waals surface area contributed by atoms with Gasteiger partial charge >= 0.3 is 0 Å². The Hall–Kier alpha value is -1.20. The van der Waals surface area contributed by atoms with Gasteiger partial charge in [0.25, 0.3) is 0 Å². The van der Waals surface area contributed by atoms with Crippen LogP contribution in [0.2, 0.25) is 0 Å². The van der Waals surface area contributed by atoms with Gasteiger partial charge in [-0.3, -0.25) is 4.90 Å². The van der Waals surface area contributed by atoms with Crippen LogP contribution in [0.15, 0.2) is 18.5 Å².